The first kappa shape index (κ1) is 28.5. The molecule has 6 aromatic rings. The lowest BCUT2D eigenvalue weighted by Crippen LogP contribution is -2.34. The highest BCUT2D eigenvalue weighted by Gasteiger charge is 2.26. The molecule has 1 saturated heterocycles. The second kappa shape index (κ2) is 11.7. The Kier molecular flexibility index (Phi) is 7.37. The van der Waals surface area contributed by atoms with Crippen LogP contribution >= 0.6 is 0 Å². The maximum absolute atomic E-state index is 13.8. The number of rotatable bonds is 7. The summed E-state index contributed by atoms with van der Waals surface area (Å²) >= 11 is 0. The first-order valence-electron chi connectivity index (χ1n) is 14.6. The van der Waals surface area contributed by atoms with Crippen molar-refractivity contribution < 1.29 is 13.6 Å². The minimum atomic E-state index is -0.744. The van der Waals surface area contributed by atoms with Crippen molar-refractivity contribution >= 4 is 17.4 Å². The standard InChI is InChI=1S/C32H30F2N10O/c1-20-23(16-41(2)39-20)17-42-13-10-25(11-14-42)43-19-36-30(21-3-5-24(33)6-4-21)31(43)26-7-8-29-37-28(18-44(29)40-26)38-32(45)22-9-12-35-27(34)15-22/h3-9,12,15-16,18-19,25H,10-11,13-14,17H2,1-2H3,(H,38,45). The van der Waals surface area contributed by atoms with Crippen LogP contribution in [0.1, 0.15) is 40.5 Å². The van der Waals surface area contributed by atoms with E-state index in [1.165, 1.54) is 30.0 Å². The van der Waals surface area contributed by atoms with Gasteiger partial charge in [-0.25, -0.2) is 23.9 Å². The number of amides is 1. The fourth-order valence-electron chi connectivity index (χ4n) is 5.91. The van der Waals surface area contributed by atoms with E-state index in [1.54, 1.807) is 22.8 Å². The quantitative estimate of drug-likeness (QED) is 0.252. The van der Waals surface area contributed by atoms with Crippen molar-refractivity contribution in [3.8, 4) is 22.6 Å². The number of aryl methyl sites for hydroxylation is 2. The molecule has 1 N–H and O–H groups in total. The molecule has 1 aliphatic rings. The summed E-state index contributed by atoms with van der Waals surface area (Å²) in [7, 11) is 1.94. The number of carbonyl (C=O) groups excluding carboxylic acids is 1. The van der Waals surface area contributed by atoms with Gasteiger partial charge in [-0.05, 0) is 62.2 Å². The molecule has 0 radical (unpaired) electrons. The van der Waals surface area contributed by atoms with Crippen molar-refractivity contribution in [1.82, 2.24) is 43.8 Å². The normalized spacial score (nSPS) is 14.3. The van der Waals surface area contributed by atoms with Crippen LogP contribution in [0.15, 0.2) is 73.4 Å². The van der Waals surface area contributed by atoms with E-state index < -0.39 is 11.9 Å². The molecule has 1 amide bonds. The van der Waals surface area contributed by atoms with Crippen molar-refractivity contribution in [1.29, 1.82) is 0 Å². The number of aromatic nitrogens is 8. The molecule has 1 aromatic carbocycles. The summed E-state index contributed by atoms with van der Waals surface area (Å²) in [4.78, 5) is 27.9. The topological polar surface area (TPSA) is 111 Å². The van der Waals surface area contributed by atoms with Crippen molar-refractivity contribution in [3.05, 3.63) is 102 Å². The number of hydrogen-bond donors (Lipinski definition) is 1. The molecule has 1 aliphatic heterocycles. The van der Waals surface area contributed by atoms with E-state index in [-0.39, 0.29) is 23.2 Å². The van der Waals surface area contributed by atoms with Gasteiger partial charge in [0.05, 0.1) is 29.6 Å². The molecule has 5 aromatic heterocycles. The van der Waals surface area contributed by atoms with Gasteiger partial charge in [-0.15, -0.1) is 0 Å². The predicted octanol–water partition coefficient (Wildman–Crippen LogP) is 5.06. The van der Waals surface area contributed by atoms with Gasteiger partial charge in [0.25, 0.3) is 5.91 Å². The number of nitrogens with one attached hydrogen (secondary N) is 1. The zero-order chi connectivity index (χ0) is 31.1. The van der Waals surface area contributed by atoms with Gasteiger partial charge in [0.1, 0.15) is 11.5 Å². The molecule has 45 heavy (non-hydrogen) atoms. The van der Waals surface area contributed by atoms with Crippen LogP contribution in [-0.4, -0.2) is 62.8 Å². The van der Waals surface area contributed by atoms with E-state index in [0.29, 0.717) is 17.0 Å². The Morgan fingerprint density at radius 2 is 1.80 bits per heavy atom. The summed E-state index contributed by atoms with van der Waals surface area (Å²) in [6.07, 6.45) is 8.60. The van der Waals surface area contributed by atoms with Crippen LogP contribution in [0.3, 0.4) is 0 Å². The van der Waals surface area contributed by atoms with Gasteiger partial charge in [0.2, 0.25) is 5.95 Å². The number of pyridine rings is 1. The molecular formula is C32H30F2N10O. The summed E-state index contributed by atoms with van der Waals surface area (Å²) in [5, 5.41) is 12.0. The van der Waals surface area contributed by atoms with Gasteiger partial charge in [-0.1, -0.05) is 0 Å². The third kappa shape index (κ3) is 5.81. The summed E-state index contributed by atoms with van der Waals surface area (Å²) in [5.41, 5.74) is 5.87. The molecule has 1 fully saturated rings. The number of imidazole rings is 2. The fraction of sp³-hybridized carbons (Fsp3) is 0.250. The van der Waals surface area contributed by atoms with Crippen LogP contribution in [0.2, 0.25) is 0 Å². The number of piperidine rings is 1. The van der Waals surface area contributed by atoms with E-state index in [4.69, 9.17) is 10.1 Å². The number of hydrogen-bond acceptors (Lipinski definition) is 7. The van der Waals surface area contributed by atoms with Crippen LogP contribution in [-0.2, 0) is 13.6 Å². The second-order valence-corrected chi connectivity index (χ2v) is 11.2. The molecule has 13 heteroatoms. The molecule has 6 heterocycles. The Hall–Kier alpha value is -5.30. The number of carbonyl (C=O) groups is 1. The van der Waals surface area contributed by atoms with E-state index in [2.05, 4.69) is 36.0 Å². The average molecular weight is 609 g/mol. The average Bonchev–Trinajstić information content (AvgIpc) is 3.73. The first-order chi connectivity index (χ1) is 21.8. The number of benzene rings is 1. The fourth-order valence-corrected chi connectivity index (χ4v) is 5.91. The molecule has 7 rings (SSSR count). The molecule has 0 saturated carbocycles. The third-order valence-corrected chi connectivity index (χ3v) is 8.16. The van der Waals surface area contributed by atoms with Crippen molar-refractivity contribution in [3.63, 3.8) is 0 Å². The number of nitrogens with zero attached hydrogens (tertiary/aromatic N) is 9. The summed E-state index contributed by atoms with van der Waals surface area (Å²) in [6.45, 7) is 4.74. The zero-order valence-corrected chi connectivity index (χ0v) is 24.7. The Balaban J connectivity index is 1.18. The Labute approximate surface area is 257 Å². The summed E-state index contributed by atoms with van der Waals surface area (Å²) in [5.74, 6) is -1.31. The predicted molar refractivity (Wildman–Crippen MR) is 163 cm³/mol. The van der Waals surface area contributed by atoms with E-state index in [1.807, 2.05) is 37.1 Å². The van der Waals surface area contributed by atoms with Crippen LogP contribution in [0, 0.1) is 18.7 Å². The van der Waals surface area contributed by atoms with Gasteiger partial charge in [0.15, 0.2) is 11.5 Å². The maximum atomic E-state index is 13.8. The van der Waals surface area contributed by atoms with Gasteiger partial charge >= 0.3 is 0 Å². The molecule has 11 nitrogen and oxygen atoms in total. The molecule has 0 atom stereocenters. The lowest BCUT2D eigenvalue weighted by molar-refractivity contribution is 0.102. The first-order valence-corrected chi connectivity index (χ1v) is 14.6. The summed E-state index contributed by atoms with van der Waals surface area (Å²) < 4.78 is 33.0. The molecular weight excluding hydrogens is 578 g/mol. The number of fused-ring (bicyclic) bond motifs is 1. The van der Waals surface area contributed by atoms with Gasteiger partial charge in [-0.3, -0.25) is 14.4 Å². The van der Waals surface area contributed by atoms with E-state index in [9.17, 15) is 13.6 Å². The SMILES string of the molecule is Cc1nn(C)cc1CN1CCC(n2cnc(-c3ccc(F)cc3)c2-c2ccc3nc(NC(=O)c4ccnc(F)c4)cn3n2)CC1. The number of anilines is 1. The van der Waals surface area contributed by atoms with Crippen LogP contribution < -0.4 is 5.32 Å². The molecule has 228 valence electrons. The highest BCUT2D eigenvalue weighted by atomic mass is 19.1. The Bertz CT molecular complexity index is 2000. The van der Waals surface area contributed by atoms with Gasteiger partial charge in [-0.2, -0.15) is 14.6 Å². The van der Waals surface area contributed by atoms with Crippen LogP contribution in [0.25, 0.3) is 28.3 Å². The monoisotopic (exact) mass is 608 g/mol. The van der Waals surface area contributed by atoms with Gasteiger partial charge < -0.3 is 9.88 Å². The molecule has 0 unspecified atom stereocenters. The molecule has 0 aliphatic carbocycles. The van der Waals surface area contributed by atoms with Crippen LogP contribution in [0.5, 0.6) is 0 Å². The Morgan fingerprint density at radius 1 is 1.00 bits per heavy atom. The van der Waals surface area contributed by atoms with E-state index >= 15 is 0 Å². The molecule has 0 bridgehead atoms. The van der Waals surface area contributed by atoms with Crippen molar-refractivity contribution in [2.45, 2.75) is 32.4 Å². The van der Waals surface area contributed by atoms with Crippen molar-refractivity contribution in [2.75, 3.05) is 18.4 Å². The smallest absolute Gasteiger partial charge is 0.257 e. The number of likely N-dealkylation sites (tertiary alicyclic amines) is 1. The van der Waals surface area contributed by atoms with Gasteiger partial charge in [0, 0.05) is 67.9 Å². The largest absolute Gasteiger partial charge is 0.326 e. The highest BCUT2D eigenvalue weighted by Crippen LogP contribution is 2.36. The zero-order valence-electron chi connectivity index (χ0n) is 24.7. The second-order valence-electron chi connectivity index (χ2n) is 11.2. The van der Waals surface area contributed by atoms with Crippen molar-refractivity contribution in [2.24, 2.45) is 7.05 Å². The lowest BCUT2D eigenvalue weighted by Gasteiger charge is -2.33. The lowest BCUT2D eigenvalue weighted by atomic mass is 10.0. The summed E-state index contributed by atoms with van der Waals surface area (Å²) in [6, 6.07) is 12.6. The minimum Gasteiger partial charge on any atom is -0.326 e. The van der Waals surface area contributed by atoms with E-state index in [0.717, 1.165) is 55.5 Å². The molecule has 0 spiro atoms. The van der Waals surface area contributed by atoms with Crippen LogP contribution in [0.4, 0.5) is 14.6 Å². The Morgan fingerprint density at radius 3 is 2.53 bits per heavy atom. The number of halogens is 2. The maximum Gasteiger partial charge on any atom is 0.257 e. The highest BCUT2D eigenvalue weighted by molar-refractivity contribution is 6.03. The minimum absolute atomic E-state index is 0.127. The third-order valence-electron chi connectivity index (χ3n) is 8.16.